The number of anilines is 1. The van der Waals surface area contributed by atoms with Crippen LogP contribution in [0.15, 0.2) is 42.9 Å². The molecule has 26 heavy (non-hydrogen) atoms. The molecule has 0 spiro atoms. The van der Waals surface area contributed by atoms with Crippen molar-refractivity contribution in [1.82, 2.24) is 15.3 Å². The van der Waals surface area contributed by atoms with Crippen LogP contribution >= 0.6 is 0 Å². The molecule has 3 rings (SSSR count). The number of rotatable bonds is 9. The second-order valence-corrected chi connectivity index (χ2v) is 6.63. The lowest BCUT2D eigenvalue weighted by Crippen LogP contribution is -2.43. The predicted octanol–water partition coefficient (Wildman–Crippen LogP) is 0.969. The maximum absolute atomic E-state index is 10.8. The molecule has 0 radical (unpaired) electrons. The lowest BCUT2D eigenvalue weighted by atomic mass is 10.0. The van der Waals surface area contributed by atoms with Crippen LogP contribution in [-0.4, -0.2) is 58.6 Å². The van der Waals surface area contributed by atoms with Crippen LogP contribution in [0.4, 0.5) is 5.82 Å². The SMILES string of the molecule is OCCCOc1ccc(CNC[C@@]2(O)CCN(c3cnccn3)C2)cc1. The van der Waals surface area contributed by atoms with Crippen LogP contribution in [0.1, 0.15) is 18.4 Å². The Bertz CT molecular complexity index is 668. The van der Waals surface area contributed by atoms with Crippen molar-refractivity contribution >= 4 is 5.82 Å². The van der Waals surface area contributed by atoms with E-state index in [9.17, 15) is 5.11 Å². The van der Waals surface area contributed by atoms with E-state index in [1.54, 1.807) is 18.6 Å². The molecule has 2 aromatic rings. The predicted molar refractivity (Wildman–Crippen MR) is 99.2 cm³/mol. The first kappa shape index (κ1) is 18.6. The van der Waals surface area contributed by atoms with Crippen LogP contribution in [0.5, 0.6) is 5.75 Å². The Labute approximate surface area is 153 Å². The Kier molecular flexibility index (Phi) is 6.38. The van der Waals surface area contributed by atoms with Gasteiger partial charge in [-0.15, -0.1) is 0 Å². The Balaban J connectivity index is 1.43. The highest BCUT2D eigenvalue weighted by Gasteiger charge is 2.36. The lowest BCUT2D eigenvalue weighted by molar-refractivity contribution is 0.0626. The molecule has 0 unspecified atom stereocenters. The van der Waals surface area contributed by atoms with E-state index in [0.717, 1.165) is 23.7 Å². The molecular weight excluding hydrogens is 332 g/mol. The summed E-state index contributed by atoms with van der Waals surface area (Å²) in [5.41, 5.74) is 0.372. The molecule has 1 aromatic carbocycles. The first-order valence-corrected chi connectivity index (χ1v) is 8.95. The van der Waals surface area contributed by atoms with E-state index in [4.69, 9.17) is 9.84 Å². The van der Waals surface area contributed by atoms with Crippen molar-refractivity contribution in [2.45, 2.75) is 25.0 Å². The second-order valence-electron chi connectivity index (χ2n) is 6.63. The number of aromatic nitrogens is 2. The maximum Gasteiger partial charge on any atom is 0.147 e. The molecule has 0 amide bonds. The van der Waals surface area contributed by atoms with Crippen molar-refractivity contribution in [3.8, 4) is 5.75 Å². The van der Waals surface area contributed by atoms with Gasteiger partial charge in [-0.1, -0.05) is 12.1 Å². The molecule has 0 aliphatic carbocycles. The molecule has 0 bridgehead atoms. The molecule has 1 aromatic heterocycles. The summed E-state index contributed by atoms with van der Waals surface area (Å²) in [5, 5.41) is 22.9. The zero-order chi connectivity index (χ0) is 18.2. The van der Waals surface area contributed by atoms with Crippen molar-refractivity contribution in [2.24, 2.45) is 0 Å². The highest BCUT2D eigenvalue weighted by Crippen LogP contribution is 2.24. The quantitative estimate of drug-likeness (QED) is 0.575. The van der Waals surface area contributed by atoms with Gasteiger partial charge in [-0.05, 0) is 24.1 Å². The van der Waals surface area contributed by atoms with E-state index < -0.39 is 5.60 Å². The summed E-state index contributed by atoms with van der Waals surface area (Å²) in [6, 6.07) is 7.86. The van der Waals surface area contributed by atoms with Crippen LogP contribution in [0.3, 0.4) is 0 Å². The van der Waals surface area contributed by atoms with E-state index in [-0.39, 0.29) is 6.61 Å². The summed E-state index contributed by atoms with van der Waals surface area (Å²) in [7, 11) is 0. The highest BCUT2D eigenvalue weighted by molar-refractivity contribution is 5.38. The third-order valence-corrected chi connectivity index (χ3v) is 4.48. The molecule has 1 saturated heterocycles. The van der Waals surface area contributed by atoms with Gasteiger partial charge in [0.1, 0.15) is 11.6 Å². The monoisotopic (exact) mass is 358 g/mol. The minimum absolute atomic E-state index is 0.138. The molecule has 1 aliphatic rings. The van der Waals surface area contributed by atoms with Gasteiger partial charge >= 0.3 is 0 Å². The molecule has 3 N–H and O–H groups in total. The van der Waals surface area contributed by atoms with Crippen molar-refractivity contribution < 1.29 is 14.9 Å². The summed E-state index contributed by atoms with van der Waals surface area (Å²) < 4.78 is 5.52. The summed E-state index contributed by atoms with van der Waals surface area (Å²) >= 11 is 0. The molecule has 1 atom stereocenters. The topological polar surface area (TPSA) is 90.7 Å². The number of nitrogens with zero attached hydrogens (tertiary/aromatic N) is 3. The Morgan fingerprint density at radius 2 is 2.08 bits per heavy atom. The summed E-state index contributed by atoms with van der Waals surface area (Å²) in [4.78, 5) is 10.4. The van der Waals surface area contributed by atoms with Crippen LogP contribution < -0.4 is 15.0 Å². The Morgan fingerprint density at radius 1 is 1.23 bits per heavy atom. The maximum atomic E-state index is 10.8. The number of ether oxygens (including phenoxy) is 1. The van der Waals surface area contributed by atoms with Crippen molar-refractivity contribution in [1.29, 1.82) is 0 Å². The fourth-order valence-corrected chi connectivity index (χ4v) is 3.05. The second kappa shape index (κ2) is 8.93. The molecule has 7 heteroatoms. The first-order valence-electron chi connectivity index (χ1n) is 8.95. The Morgan fingerprint density at radius 3 is 2.81 bits per heavy atom. The largest absolute Gasteiger partial charge is 0.494 e. The molecule has 1 fully saturated rings. The van der Waals surface area contributed by atoms with Gasteiger partial charge in [0.25, 0.3) is 0 Å². The number of β-amino-alcohol motifs (C(OH)–C–C–N with tert-alkyl or cyclic N) is 1. The van der Waals surface area contributed by atoms with E-state index in [0.29, 0.717) is 39.1 Å². The van der Waals surface area contributed by atoms with Gasteiger partial charge in [0.15, 0.2) is 0 Å². The summed E-state index contributed by atoms with van der Waals surface area (Å²) in [5.74, 6) is 1.61. The highest BCUT2D eigenvalue weighted by atomic mass is 16.5. The first-order chi connectivity index (χ1) is 12.7. The molecule has 7 nitrogen and oxygen atoms in total. The van der Waals surface area contributed by atoms with Crippen molar-refractivity contribution in [2.75, 3.05) is 37.7 Å². The number of aliphatic hydroxyl groups is 2. The molecule has 2 heterocycles. The van der Waals surface area contributed by atoms with Crippen molar-refractivity contribution in [3.63, 3.8) is 0 Å². The van der Waals surface area contributed by atoms with E-state index >= 15 is 0 Å². The van der Waals surface area contributed by atoms with Gasteiger partial charge in [0, 0.05) is 51.6 Å². The number of hydrogen-bond acceptors (Lipinski definition) is 7. The minimum atomic E-state index is -0.759. The van der Waals surface area contributed by atoms with Gasteiger partial charge in [0.2, 0.25) is 0 Å². The fourth-order valence-electron chi connectivity index (χ4n) is 3.05. The smallest absolute Gasteiger partial charge is 0.147 e. The molecular formula is C19H26N4O3. The van der Waals surface area contributed by atoms with Crippen LogP contribution in [-0.2, 0) is 6.54 Å². The van der Waals surface area contributed by atoms with Gasteiger partial charge in [-0.25, -0.2) is 4.98 Å². The van der Waals surface area contributed by atoms with Gasteiger partial charge in [-0.3, -0.25) is 4.98 Å². The minimum Gasteiger partial charge on any atom is -0.494 e. The van der Waals surface area contributed by atoms with Gasteiger partial charge in [-0.2, -0.15) is 0 Å². The zero-order valence-electron chi connectivity index (χ0n) is 14.8. The Hall–Kier alpha value is -2.22. The average Bonchev–Trinajstić information content (AvgIpc) is 3.06. The average molecular weight is 358 g/mol. The standard InChI is InChI=1S/C19H26N4O3/c24-10-1-11-26-17-4-2-16(3-5-17)12-21-14-19(25)6-9-23(15-19)18-13-20-7-8-22-18/h2-5,7-8,13,21,24-25H,1,6,9-12,14-15H2/t19-/m0/s1. The van der Waals surface area contributed by atoms with E-state index in [2.05, 4.69) is 20.2 Å². The third kappa shape index (κ3) is 5.14. The number of aliphatic hydroxyl groups excluding tert-OH is 1. The summed E-state index contributed by atoms with van der Waals surface area (Å²) in [6.45, 7) is 3.19. The molecule has 1 aliphatic heterocycles. The lowest BCUT2D eigenvalue weighted by Gasteiger charge is -2.24. The number of hydrogen-bond donors (Lipinski definition) is 3. The number of benzene rings is 1. The van der Waals surface area contributed by atoms with Crippen molar-refractivity contribution in [3.05, 3.63) is 48.4 Å². The normalized spacial score (nSPS) is 19.7. The fraction of sp³-hybridized carbons (Fsp3) is 0.474. The van der Waals surface area contributed by atoms with E-state index in [1.165, 1.54) is 0 Å². The number of nitrogens with one attached hydrogen (secondary N) is 1. The van der Waals surface area contributed by atoms with Gasteiger partial charge < -0.3 is 25.2 Å². The van der Waals surface area contributed by atoms with E-state index in [1.807, 2.05) is 24.3 Å². The van der Waals surface area contributed by atoms with Crippen LogP contribution in [0.2, 0.25) is 0 Å². The van der Waals surface area contributed by atoms with Crippen LogP contribution in [0.25, 0.3) is 0 Å². The molecule has 140 valence electrons. The van der Waals surface area contributed by atoms with Gasteiger partial charge in [0.05, 0.1) is 18.4 Å². The summed E-state index contributed by atoms with van der Waals surface area (Å²) in [6.07, 6.45) is 6.38. The zero-order valence-corrected chi connectivity index (χ0v) is 14.8. The molecule has 0 saturated carbocycles. The third-order valence-electron chi connectivity index (χ3n) is 4.48. The van der Waals surface area contributed by atoms with Crippen LogP contribution in [0, 0.1) is 0 Å².